The van der Waals surface area contributed by atoms with Crippen molar-refractivity contribution in [3.05, 3.63) is 11.8 Å². The van der Waals surface area contributed by atoms with Gasteiger partial charge >= 0.3 is 7.82 Å². The molecule has 14 heavy (non-hydrogen) atoms. The fourth-order valence-corrected chi connectivity index (χ4v) is 1.31. The zero-order chi connectivity index (χ0) is 11.2. The lowest BCUT2D eigenvalue weighted by Gasteiger charge is -2.13. The number of allylic oxidation sites excluding steroid dienone is 1. The number of likely N-dealkylation sites (N-methyl/N-ethyl adjacent to an activating group) is 1. The minimum atomic E-state index is -3.55. The van der Waals surface area contributed by atoms with Crippen molar-refractivity contribution in [3.8, 4) is 0 Å². The molecule has 0 aliphatic rings. The van der Waals surface area contributed by atoms with Gasteiger partial charge in [0, 0.05) is 27.3 Å². The number of rotatable bonds is 5. The Morgan fingerprint density at radius 1 is 1.36 bits per heavy atom. The van der Waals surface area contributed by atoms with Gasteiger partial charge in [-0.25, -0.2) is 4.57 Å². The van der Waals surface area contributed by atoms with E-state index in [1.54, 1.807) is 0 Å². The SMILES string of the molecule is CNC(=O)/C=C(/C)OP(=O)(OC)OC. The average molecular weight is 223 g/mol. The summed E-state index contributed by atoms with van der Waals surface area (Å²) >= 11 is 0. The van der Waals surface area contributed by atoms with Crippen molar-refractivity contribution in [1.29, 1.82) is 0 Å². The zero-order valence-electron chi connectivity index (χ0n) is 8.57. The summed E-state index contributed by atoms with van der Waals surface area (Å²) in [5.74, 6) is -0.211. The van der Waals surface area contributed by atoms with E-state index in [9.17, 15) is 9.36 Å². The third-order valence-corrected chi connectivity index (χ3v) is 2.69. The van der Waals surface area contributed by atoms with Crippen LogP contribution in [0.2, 0.25) is 0 Å². The van der Waals surface area contributed by atoms with E-state index in [2.05, 4.69) is 14.4 Å². The number of carbonyl (C=O) groups is 1. The van der Waals surface area contributed by atoms with Crippen LogP contribution in [0.5, 0.6) is 0 Å². The van der Waals surface area contributed by atoms with E-state index in [0.717, 1.165) is 6.08 Å². The van der Waals surface area contributed by atoms with Gasteiger partial charge in [0.2, 0.25) is 5.91 Å². The van der Waals surface area contributed by atoms with Gasteiger partial charge in [-0.15, -0.1) is 0 Å². The highest BCUT2D eigenvalue weighted by atomic mass is 31.2. The third-order valence-electron chi connectivity index (χ3n) is 1.28. The lowest BCUT2D eigenvalue weighted by Crippen LogP contribution is -2.15. The fourth-order valence-electron chi connectivity index (χ4n) is 0.609. The second-order valence-corrected chi connectivity index (χ2v) is 4.08. The van der Waals surface area contributed by atoms with Gasteiger partial charge in [-0.2, -0.15) is 0 Å². The summed E-state index contributed by atoms with van der Waals surface area (Å²) in [7, 11) is 0.302. The number of hydrogen-bond donors (Lipinski definition) is 1. The predicted octanol–water partition coefficient (Wildman–Crippen LogP) is 1.05. The first-order valence-corrected chi connectivity index (χ1v) is 5.24. The molecule has 6 nitrogen and oxygen atoms in total. The monoisotopic (exact) mass is 223 g/mol. The van der Waals surface area contributed by atoms with Crippen LogP contribution in [-0.4, -0.2) is 27.2 Å². The maximum absolute atomic E-state index is 11.4. The van der Waals surface area contributed by atoms with Gasteiger partial charge in [-0.05, 0) is 6.92 Å². The second kappa shape index (κ2) is 5.80. The number of hydrogen-bond acceptors (Lipinski definition) is 5. The lowest BCUT2D eigenvalue weighted by atomic mass is 10.5. The van der Waals surface area contributed by atoms with Crippen molar-refractivity contribution in [2.45, 2.75) is 6.92 Å². The molecule has 0 unspecified atom stereocenters. The van der Waals surface area contributed by atoms with E-state index in [-0.39, 0.29) is 11.7 Å². The highest BCUT2D eigenvalue weighted by Crippen LogP contribution is 2.49. The second-order valence-electron chi connectivity index (χ2n) is 2.27. The molecule has 0 atom stereocenters. The molecule has 0 fully saturated rings. The van der Waals surface area contributed by atoms with Gasteiger partial charge in [0.15, 0.2) is 0 Å². The van der Waals surface area contributed by atoms with Crippen molar-refractivity contribution in [2.75, 3.05) is 21.3 Å². The van der Waals surface area contributed by atoms with E-state index < -0.39 is 7.82 Å². The standard InChI is InChI=1S/C7H14NO5P/c1-6(5-7(9)8-2)13-14(10,11-3)12-4/h5H,1-4H3,(H,8,9)/b6-5-. The van der Waals surface area contributed by atoms with E-state index in [1.165, 1.54) is 28.2 Å². The van der Waals surface area contributed by atoms with E-state index in [4.69, 9.17) is 4.52 Å². The summed E-state index contributed by atoms with van der Waals surface area (Å²) in [4.78, 5) is 10.8. The molecule has 0 aromatic heterocycles. The Bertz CT molecular complexity index is 267. The summed E-state index contributed by atoms with van der Waals surface area (Å²) in [5.41, 5.74) is 0. The largest absolute Gasteiger partial charge is 0.529 e. The summed E-state index contributed by atoms with van der Waals surface area (Å²) in [6.07, 6.45) is 1.14. The Balaban J connectivity index is 4.44. The molecule has 82 valence electrons. The van der Waals surface area contributed by atoms with Gasteiger partial charge in [-0.3, -0.25) is 13.8 Å². The van der Waals surface area contributed by atoms with Crippen LogP contribution in [0.25, 0.3) is 0 Å². The summed E-state index contributed by atoms with van der Waals surface area (Å²) in [6.45, 7) is 1.47. The molecular weight excluding hydrogens is 209 g/mol. The third kappa shape index (κ3) is 4.41. The molecule has 1 N–H and O–H groups in total. The van der Waals surface area contributed by atoms with Gasteiger partial charge in [-0.1, -0.05) is 0 Å². The Kier molecular flexibility index (Phi) is 5.45. The average Bonchev–Trinajstić information content (AvgIpc) is 2.17. The smallest absolute Gasteiger partial charge is 0.409 e. The van der Waals surface area contributed by atoms with Crippen LogP contribution in [0.1, 0.15) is 6.92 Å². The highest BCUT2D eigenvalue weighted by Gasteiger charge is 2.24. The number of carbonyl (C=O) groups excluding carboxylic acids is 1. The van der Waals surface area contributed by atoms with Crippen LogP contribution in [0.3, 0.4) is 0 Å². The first kappa shape index (κ1) is 13.2. The maximum atomic E-state index is 11.4. The van der Waals surface area contributed by atoms with Crippen LogP contribution in [0, 0.1) is 0 Å². The number of phosphoric acid groups is 1. The van der Waals surface area contributed by atoms with Crippen LogP contribution in [0.15, 0.2) is 11.8 Å². The van der Waals surface area contributed by atoms with Crippen molar-refractivity contribution in [3.63, 3.8) is 0 Å². The molecule has 0 rings (SSSR count). The summed E-state index contributed by atoms with van der Waals surface area (Å²) in [6, 6.07) is 0. The Morgan fingerprint density at radius 2 is 1.86 bits per heavy atom. The quantitative estimate of drug-likeness (QED) is 0.428. The van der Waals surface area contributed by atoms with Crippen molar-refractivity contribution in [1.82, 2.24) is 5.32 Å². The Morgan fingerprint density at radius 3 is 2.21 bits per heavy atom. The molecule has 0 aliphatic heterocycles. The Hall–Kier alpha value is -0.840. The van der Waals surface area contributed by atoms with Crippen molar-refractivity contribution < 1.29 is 22.9 Å². The first-order valence-electron chi connectivity index (χ1n) is 3.78. The zero-order valence-corrected chi connectivity index (χ0v) is 9.46. The number of amides is 1. The van der Waals surface area contributed by atoms with E-state index in [1.807, 2.05) is 0 Å². The number of nitrogens with one attached hydrogen (secondary N) is 1. The summed E-state index contributed by atoms with van der Waals surface area (Å²) in [5, 5.41) is 2.35. The van der Waals surface area contributed by atoms with Crippen LogP contribution in [-0.2, 0) is 22.9 Å². The molecule has 0 aromatic carbocycles. The molecular formula is C7H14NO5P. The molecule has 0 bridgehead atoms. The topological polar surface area (TPSA) is 73.9 Å². The highest BCUT2D eigenvalue weighted by molar-refractivity contribution is 7.48. The minimum absolute atomic E-state index is 0.149. The van der Waals surface area contributed by atoms with E-state index >= 15 is 0 Å². The van der Waals surface area contributed by atoms with Gasteiger partial charge in [0.05, 0.1) is 0 Å². The molecule has 1 amide bonds. The van der Waals surface area contributed by atoms with Crippen LogP contribution >= 0.6 is 7.82 Å². The molecule has 0 aliphatic carbocycles. The maximum Gasteiger partial charge on any atom is 0.529 e. The lowest BCUT2D eigenvalue weighted by molar-refractivity contribution is -0.116. The molecule has 0 spiro atoms. The Labute approximate surface area is 82.8 Å². The van der Waals surface area contributed by atoms with Crippen LogP contribution in [0.4, 0.5) is 0 Å². The first-order chi connectivity index (χ1) is 6.47. The minimum Gasteiger partial charge on any atom is -0.409 e. The molecule has 0 saturated carbocycles. The summed E-state index contributed by atoms with van der Waals surface area (Å²) < 4.78 is 25.2. The predicted molar refractivity (Wildman–Crippen MR) is 50.5 cm³/mol. The van der Waals surface area contributed by atoms with Gasteiger partial charge in [0.25, 0.3) is 0 Å². The van der Waals surface area contributed by atoms with Crippen LogP contribution < -0.4 is 5.32 Å². The fraction of sp³-hybridized carbons (Fsp3) is 0.571. The normalized spacial score (nSPS) is 12.4. The molecule has 0 aromatic rings. The van der Waals surface area contributed by atoms with E-state index in [0.29, 0.717) is 0 Å². The van der Waals surface area contributed by atoms with Crippen molar-refractivity contribution >= 4 is 13.7 Å². The van der Waals surface area contributed by atoms with Gasteiger partial charge in [0.1, 0.15) is 5.76 Å². The molecule has 0 radical (unpaired) electrons. The van der Waals surface area contributed by atoms with Gasteiger partial charge < -0.3 is 9.84 Å². The molecule has 0 saturated heterocycles. The van der Waals surface area contributed by atoms with Crippen molar-refractivity contribution in [2.24, 2.45) is 0 Å². The molecule has 0 heterocycles. The number of phosphoric ester groups is 1. The molecule has 7 heteroatoms.